The minimum absolute atomic E-state index is 1.17. The van der Waals surface area contributed by atoms with Crippen molar-refractivity contribution >= 4 is 15.8 Å². The second-order valence-corrected chi connectivity index (χ2v) is 5.27. The summed E-state index contributed by atoms with van der Waals surface area (Å²) in [6, 6.07) is 4.44. The molecule has 0 saturated heterocycles. The Morgan fingerprint density at radius 2 is 1.67 bits per heavy atom. The number of anilines is 1. The van der Waals surface area contributed by atoms with Crippen molar-refractivity contribution in [3.8, 4) is 0 Å². The molecule has 0 fully saturated rings. The van der Waals surface area contributed by atoms with Crippen LogP contribution in [0.25, 0.3) is 0 Å². The quantitative estimate of drug-likeness (QED) is 0.676. The number of fused-ring (bicyclic) bond motifs is 1. The SMILES string of the molecule is CC1=CC=CC2=CN(c3c(C)cc(C)cc3C)[C]N12.[Cl][Cu]. The van der Waals surface area contributed by atoms with Crippen molar-refractivity contribution in [3.05, 3.63) is 71.3 Å². The van der Waals surface area contributed by atoms with Gasteiger partial charge in [-0.05, 0) is 51.0 Å². The van der Waals surface area contributed by atoms with Gasteiger partial charge in [-0.25, -0.2) is 0 Å². The van der Waals surface area contributed by atoms with Gasteiger partial charge in [-0.2, -0.15) is 0 Å². The van der Waals surface area contributed by atoms with Crippen LogP contribution in [0, 0.1) is 27.4 Å². The standard InChI is InChI=1S/C17H18N2.ClH.Cu/c1-12-8-13(2)17(14(3)9-12)18-10-16-7-5-6-15(4)19(16)11-18;;/h5-10H,1-4H3;1H;/q;;+1/p-1. The van der Waals surface area contributed by atoms with E-state index in [1.807, 2.05) is 0 Å². The van der Waals surface area contributed by atoms with Crippen molar-refractivity contribution in [2.24, 2.45) is 0 Å². The first-order valence-electron chi connectivity index (χ1n) is 6.68. The molecule has 0 aliphatic carbocycles. The van der Waals surface area contributed by atoms with Crippen LogP contribution < -0.4 is 4.90 Å². The topological polar surface area (TPSA) is 6.48 Å². The van der Waals surface area contributed by atoms with Crippen LogP contribution in [0.2, 0.25) is 0 Å². The molecule has 0 saturated carbocycles. The average Bonchev–Trinajstić information content (AvgIpc) is 2.85. The van der Waals surface area contributed by atoms with E-state index in [0.717, 1.165) is 0 Å². The number of rotatable bonds is 1. The van der Waals surface area contributed by atoms with E-state index in [4.69, 9.17) is 0 Å². The van der Waals surface area contributed by atoms with E-state index in [2.05, 4.69) is 106 Å². The summed E-state index contributed by atoms with van der Waals surface area (Å²) in [5.74, 6) is 0. The van der Waals surface area contributed by atoms with E-state index >= 15 is 0 Å². The van der Waals surface area contributed by atoms with E-state index in [0.29, 0.717) is 0 Å². The molecule has 2 aliphatic rings. The molecule has 0 aromatic heterocycles. The third-order valence-corrected chi connectivity index (χ3v) is 3.56. The van der Waals surface area contributed by atoms with Gasteiger partial charge in [0.15, 0.2) is 0 Å². The molecule has 0 atom stereocenters. The van der Waals surface area contributed by atoms with Crippen molar-refractivity contribution in [3.63, 3.8) is 0 Å². The monoisotopic (exact) mass is 348 g/mol. The van der Waals surface area contributed by atoms with Gasteiger partial charge in [-0.3, -0.25) is 0 Å². The number of halogens is 1. The molecule has 4 heteroatoms. The van der Waals surface area contributed by atoms with Crippen LogP contribution in [0.1, 0.15) is 23.6 Å². The summed E-state index contributed by atoms with van der Waals surface area (Å²) in [5, 5.41) is 0. The Morgan fingerprint density at radius 1 is 1.05 bits per heavy atom. The molecule has 0 spiro atoms. The van der Waals surface area contributed by atoms with E-state index in [1.54, 1.807) is 0 Å². The third-order valence-electron chi connectivity index (χ3n) is 3.56. The fourth-order valence-electron chi connectivity index (χ4n) is 2.81. The zero-order valence-corrected chi connectivity index (χ0v) is 14.2. The minimum atomic E-state index is 1.17. The summed E-state index contributed by atoms with van der Waals surface area (Å²) in [4.78, 5) is 4.20. The Hall–Kier alpha value is -1.15. The molecule has 2 aliphatic heterocycles. The Morgan fingerprint density at radius 3 is 2.24 bits per heavy atom. The maximum atomic E-state index is 4.20. The van der Waals surface area contributed by atoms with Gasteiger partial charge < -0.3 is 9.80 Å². The number of nitrogens with zero attached hydrogens (tertiary/aromatic N) is 2. The summed E-state index contributed by atoms with van der Waals surface area (Å²) in [6.07, 6.45) is 8.43. The maximum absolute atomic E-state index is 4.20. The molecule has 0 N–H and O–H groups in total. The Bertz CT molecular complexity index is 609. The molecule has 0 bridgehead atoms. The van der Waals surface area contributed by atoms with Gasteiger partial charge >= 0.3 is 25.2 Å². The molecule has 1 aromatic carbocycles. The van der Waals surface area contributed by atoms with Crippen LogP contribution in [-0.4, -0.2) is 4.90 Å². The summed E-state index contributed by atoms with van der Waals surface area (Å²) < 4.78 is 0. The van der Waals surface area contributed by atoms with Crippen LogP contribution in [0.4, 0.5) is 5.69 Å². The van der Waals surface area contributed by atoms with Crippen molar-refractivity contribution in [2.45, 2.75) is 27.7 Å². The van der Waals surface area contributed by atoms with Crippen molar-refractivity contribution < 1.29 is 15.1 Å². The first kappa shape index (κ1) is 16.2. The van der Waals surface area contributed by atoms with E-state index in [-0.39, 0.29) is 0 Å². The predicted octanol–water partition coefficient (Wildman–Crippen LogP) is 4.73. The molecule has 1 aromatic rings. The molecule has 114 valence electrons. The fraction of sp³-hybridized carbons (Fsp3) is 0.235. The van der Waals surface area contributed by atoms with Crippen LogP contribution in [-0.2, 0) is 15.1 Å². The van der Waals surface area contributed by atoms with Gasteiger partial charge in [0, 0.05) is 17.6 Å². The van der Waals surface area contributed by atoms with Crippen LogP contribution >= 0.6 is 10.1 Å². The van der Waals surface area contributed by atoms with Gasteiger partial charge in [0.25, 0.3) is 0 Å². The fourth-order valence-corrected chi connectivity index (χ4v) is 2.81. The van der Waals surface area contributed by atoms with Gasteiger partial charge in [0.1, 0.15) is 0 Å². The zero-order valence-electron chi connectivity index (χ0n) is 12.5. The van der Waals surface area contributed by atoms with Crippen molar-refractivity contribution in [1.29, 1.82) is 0 Å². The first-order valence-corrected chi connectivity index (χ1v) is 7.97. The molecule has 21 heavy (non-hydrogen) atoms. The zero-order chi connectivity index (χ0) is 15.6. The Labute approximate surface area is 139 Å². The van der Waals surface area contributed by atoms with Crippen LogP contribution in [0.15, 0.2) is 48.0 Å². The molecule has 0 unspecified atom stereocenters. The average molecular weight is 349 g/mol. The van der Waals surface area contributed by atoms with Crippen LogP contribution in [0.3, 0.4) is 0 Å². The predicted molar refractivity (Wildman–Crippen MR) is 85.0 cm³/mol. The number of hydrogen-bond donors (Lipinski definition) is 0. The second-order valence-electron chi connectivity index (χ2n) is 5.27. The van der Waals surface area contributed by atoms with E-state index < -0.39 is 0 Å². The molecular formula is C17H18ClCuN2. The molecule has 0 amide bonds. The number of aryl methyl sites for hydroxylation is 3. The molecular weight excluding hydrogens is 331 g/mol. The molecule has 3 rings (SSSR count). The normalized spacial score (nSPS) is 16.1. The van der Waals surface area contributed by atoms with Crippen molar-refractivity contribution in [2.75, 3.05) is 4.90 Å². The van der Waals surface area contributed by atoms with Gasteiger partial charge in [0.05, 0.1) is 5.70 Å². The second kappa shape index (κ2) is 6.74. The van der Waals surface area contributed by atoms with Gasteiger partial charge in [-0.1, -0.05) is 23.8 Å². The summed E-state index contributed by atoms with van der Waals surface area (Å²) >= 11 is 3.66. The van der Waals surface area contributed by atoms with E-state index in [9.17, 15) is 0 Å². The Balaban J connectivity index is 0.000000774. The molecule has 2 heterocycles. The number of hydrogen-bond acceptors (Lipinski definition) is 2. The van der Waals surface area contributed by atoms with Crippen LogP contribution in [0.5, 0.6) is 0 Å². The summed E-state index contributed by atoms with van der Waals surface area (Å²) in [6.45, 7) is 12.0. The molecule has 2 radical (unpaired) electrons. The summed E-state index contributed by atoms with van der Waals surface area (Å²) in [5.41, 5.74) is 7.46. The van der Waals surface area contributed by atoms with Crippen molar-refractivity contribution in [1.82, 2.24) is 4.90 Å². The third kappa shape index (κ3) is 3.21. The first-order chi connectivity index (χ1) is 10.1. The van der Waals surface area contributed by atoms with Gasteiger partial charge in [0.2, 0.25) is 6.67 Å². The molecule has 2 nitrogen and oxygen atoms in total. The number of benzene rings is 1. The Kier molecular flexibility index (Phi) is 5.21. The van der Waals surface area contributed by atoms with Gasteiger partial charge in [-0.15, -0.1) is 0 Å². The number of allylic oxidation sites excluding steroid dienone is 4. The summed E-state index contributed by atoms with van der Waals surface area (Å²) in [7, 11) is 4.20. The van der Waals surface area contributed by atoms with E-state index in [1.165, 1.54) is 33.8 Å².